The molecule has 0 bridgehead atoms. The number of aromatic hydroxyl groups is 1. The first-order chi connectivity index (χ1) is 10.8. The van der Waals surface area contributed by atoms with Gasteiger partial charge in [0.15, 0.2) is 11.5 Å². The summed E-state index contributed by atoms with van der Waals surface area (Å²) in [4.78, 5) is 0. The Morgan fingerprint density at radius 1 is 0.773 bits per heavy atom. The molecule has 3 aromatic rings. The van der Waals surface area contributed by atoms with Gasteiger partial charge >= 0.3 is 0 Å². The van der Waals surface area contributed by atoms with Crippen LogP contribution in [-0.2, 0) is 0 Å². The van der Waals surface area contributed by atoms with E-state index in [0.717, 1.165) is 33.8 Å². The molecular formula is C20H14O2. The number of phenols is 1. The molecule has 0 saturated heterocycles. The second kappa shape index (κ2) is 5.08. The van der Waals surface area contributed by atoms with Gasteiger partial charge in [-0.25, -0.2) is 0 Å². The molecule has 0 fully saturated rings. The maximum atomic E-state index is 10.2. The third-order valence-electron chi connectivity index (χ3n) is 3.75. The van der Waals surface area contributed by atoms with Crippen molar-refractivity contribution in [3.8, 4) is 28.4 Å². The SMILES string of the molecule is Oc1ccc2c(c1-c1ccccc1/C=C/c1ccccc1)O2. The van der Waals surface area contributed by atoms with Crippen molar-refractivity contribution in [2.24, 2.45) is 0 Å². The first-order valence-electron chi connectivity index (χ1n) is 7.19. The summed E-state index contributed by atoms with van der Waals surface area (Å²) < 4.78 is 5.44. The van der Waals surface area contributed by atoms with Crippen LogP contribution in [0, 0.1) is 0 Å². The Morgan fingerprint density at radius 2 is 1.55 bits per heavy atom. The molecule has 0 radical (unpaired) electrons. The first-order valence-corrected chi connectivity index (χ1v) is 7.19. The molecule has 0 atom stereocenters. The summed E-state index contributed by atoms with van der Waals surface area (Å²) in [5.74, 6) is 1.87. The van der Waals surface area contributed by atoms with E-state index in [1.807, 2.05) is 42.5 Å². The van der Waals surface area contributed by atoms with Gasteiger partial charge in [-0.2, -0.15) is 0 Å². The molecule has 4 rings (SSSR count). The van der Waals surface area contributed by atoms with Gasteiger partial charge in [-0.15, -0.1) is 0 Å². The summed E-state index contributed by atoms with van der Waals surface area (Å²) in [6.07, 6.45) is 4.13. The van der Waals surface area contributed by atoms with Crippen LogP contribution in [0.5, 0.6) is 17.2 Å². The smallest absolute Gasteiger partial charge is 0.181 e. The van der Waals surface area contributed by atoms with Crippen LogP contribution in [0.4, 0.5) is 0 Å². The largest absolute Gasteiger partial charge is 0.507 e. The van der Waals surface area contributed by atoms with Crippen LogP contribution in [0.2, 0.25) is 0 Å². The van der Waals surface area contributed by atoms with E-state index in [1.165, 1.54) is 0 Å². The third-order valence-corrected chi connectivity index (χ3v) is 3.75. The van der Waals surface area contributed by atoms with E-state index in [2.05, 4.69) is 24.3 Å². The molecule has 2 nitrogen and oxygen atoms in total. The molecule has 3 aromatic carbocycles. The highest BCUT2D eigenvalue weighted by molar-refractivity contribution is 5.90. The molecule has 1 heterocycles. The van der Waals surface area contributed by atoms with Gasteiger partial charge in [0.25, 0.3) is 0 Å². The highest BCUT2D eigenvalue weighted by Crippen LogP contribution is 2.56. The van der Waals surface area contributed by atoms with Crippen molar-refractivity contribution in [2.75, 3.05) is 0 Å². The molecule has 0 unspecified atom stereocenters. The van der Waals surface area contributed by atoms with Gasteiger partial charge in [0.1, 0.15) is 5.75 Å². The number of hydrogen-bond acceptors (Lipinski definition) is 2. The van der Waals surface area contributed by atoms with Crippen LogP contribution in [0.1, 0.15) is 11.1 Å². The zero-order chi connectivity index (χ0) is 14.9. The molecule has 0 spiro atoms. The van der Waals surface area contributed by atoms with Crippen LogP contribution >= 0.6 is 0 Å². The zero-order valence-electron chi connectivity index (χ0n) is 11.9. The van der Waals surface area contributed by atoms with Crippen LogP contribution < -0.4 is 4.74 Å². The fourth-order valence-electron chi connectivity index (χ4n) is 2.60. The molecule has 0 amide bonds. The topological polar surface area (TPSA) is 32.8 Å². The van der Waals surface area contributed by atoms with Crippen molar-refractivity contribution < 1.29 is 9.84 Å². The fourth-order valence-corrected chi connectivity index (χ4v) is 2.60. The Hall–Kier alpha value is -3.00. The van der Waals surface area contributed by atoms with Crippen molar-refractivity contribution in [1.82, 2.24) is 0 Å². The minimum absolute atomic E-state index is 0.247. The number of fused-ring (bicyclic) bond motifs is 1. The Balaban J connectivity index is 1.78. The monoisotopic (exact) mass is 286 g/mol. The molecule has 0 aromatic heterocycles. The zero-order valence-corrected chi connectivity index (χ0v) is 11.9. The average molecular weight is 286 g/mol. The molecular weight excluding hydrogens is 272 g/mol. The molecule has 0 aliphatic carbocycles. The summed E-state index contributed by atoms with van der Waals surface area (Å²) >= 11 is 0. The number of rotatable bonds is 3. The lowest BCUT2D eigenvalue weighted by molar-refractivity contribution is 0.477. The van der Waals surface area contributed by atoms with E-state index in [9.17, 15) is 5.11 Å². The molecule has 1 aliphatic rings. The predicted molar refractivity (Wildman–Crippen MR) is 89.0 cm³/mol. The molecule has 0 saturated carbocycles. The number of ether oxygens (including phenoxy) is 1. The maximum Gasteiger partial charge on any atom is 0.181 e. The van der Waals surface area contributed by atoms with Crippen molar-refractivity contribution in [3.05, 3.63) is 77.9 Å². The van der Waals surface area contributed by atoms with E-state index in [-0.39, 0.29) is 5.75 Å². The Labute approximate surface area is 128 Å². The molecule has 22 heavy (non-hydrogen) atoms. The van der Waals surface area contributed by atoms with Crippen LogP contribution in [0.15, 0.2) is 66.7 Å². The second-order valence-corrected chi connectivity index (χ2v) is 5.22. The summed E-state index contributed by atoms with van der Waals surface area (Å²) in [6.45, 7) is 0. The Kier molecular flexibility index (Phi) is 2.94. The standard InChI is InChI=1S/C20H14O2/c21-17-12-13-18-20(22-18)19(17)16-9-5-4-8-15(16)11-10-14-6-2-1-3-7-14/h1-13,21H/b11-10+. The number of benzene rings is 3. The van der Waals surface area contributed by atoms with Gasteiger partial charge in [0, 0.05) is 0 Å². The van der Waals surface area contributed by atoms with Gasteiger partial charge in [-0.1, -0.05) is 66.7 Å². The van der Waals surface area contributed by atoms with Gasteiger partial charge in [-0.05, 0) is 28.8 Å². The van der Waals surface area contributed by atoms with Crippen molar-refractivity contribution in [1.29, 1.82) is 0 Å². The van der Waals surface area contributed by atoms with E-state index < -0.39 is 0 Å². The van der Waals surface area contributed by atoms with Crippen LogP contribution in [0.3, 0.4) is 0 Å². The number of phenolic OH excluding ortho intramolecular Hbond substituents is 1. The summed E-state index contributed by atoms with van der Waals surface area (Å²) in [5, 5.41) is 10.2. The summed E-state index contributed by atoms with van der Waals surface area (Å²) in [5.41, 5.74) is 3.93. The molecule has 106 valence electrons. The Morgan fingerprint density at radius 3 is 2.41 bits per heavy atom. The predicted octanol–water partition coefficient (Wildman–Crippen LogP) is 5.34. The number of hydrogen-bond donors (Lipinski definition) is 1. The van der Waals surface area contributed by atoms with E-state index >= 15 is 0 Å². The first kappa shape index (κ1) is 12.7. The lowest BCUT2D eigenvalue weighted by atomic mass is 9.98. The lowest BCUT2D eigenvalue weighted by Gasteiger charge is -2.06. The highest BCUT2D eigenvalue weighted by Gasteiger charge is 2.28. The van der Waals surface area contributed by atoms with Gasteiger partial charge in [-0.3, -0.25) is 0 Å². The summed E-state index contributed by atoms with van der Waals surface area (Å²) in [6, 6.07) is 21.6. The maximum absolute atomic E-state index is 10.2. The van der Waals surface area contributed by atoms with E-state index in [4.69, 9.17) is 4.74 Å². The van der Waals surface area contributed by atoms with Crippen molar-refractivity contribution in [2.45, 2.75) is 0 Å². The average Bonchev–Trinajstić information content (AvgIpc) is 3.34. The van der Waals surface area contributed by atoms with Crippen LogP contribution in [-0.4, -0.2) is 5.11 Å². The lowest BCUT2D eigenvalue weighted by Crippen LogP contribution is -1.82. The molecule has 1 aliphatic heterocycles. The minimum atomic E-state index is 0.247. The fraction of sp³-hybridized carbons (Fsp3) is 0. The quantitative estimate of drug-likeness (QED) is 0.407. The van der Waals surface area contributed by atoms with Gasteiger partial charge < -0.3 is 9.84 Å². The van der Waals surface area contributed by atoms with Gasteiger partial charge in [0.05, 0.1) is 5.56 Å². The normalized spacial score (nSPS) is 12.0. The van der Waals surface area contributed by atoms with Gasteiger partial charge in [0.2, 0.25) is 0 Å². The van der Waals surface area contributed by atoms with Crippen molar-refractivity contribution in [3.63, 3.8) is 0 Å². The van der Waals surface area contributed by atoms with Crippen LogP contribution in [0.25, 0.3) is 23.3 Å². The molecule has 1 N–H and O–H groups in total. The van der Waals surface area contributed by atoms with E-state index in [1.54, 1.807) is 12.1 Å². The van der Waals surface area contributed by atoms with E-state index in [0.29, 0.717) is 0 Å². The highest BCUT2D eigenvalue weighted by atomic mass is 16.6. The molecule has 2 heteroatoms. The Bertz CT molecular complexity index is 860. The third kappa shape index (κ3) is 2.25. The second-order valence-electron chi connectivity index (χ2n) is 5.22. The summed E-state index contributed by atoms with van der Waals surface area (Å²) in [7, 11) is 0. The minimum Gasteiger partial charge on any atom is -0.507 e. The van der Waals surface area contributed by atoms with Crippen molar-refractivity contribution >= 4 is 12.2 Å².